The van der Waals surface area contributed by atoms with Gasteiger partial charge in [0.1, 0.15) is 6.04 Å². The zero-order valence-electron chi connectivity index (χ0n) is 11.5. The van der Waals surface area contributed by atoms with Gasteiger partial charge in [0.15, 0.2) is 0 Å². The molecule has 0 saturated carbocycles. The molecule has 0 radical (unpaired) electrons. The third-order valence-electron chi connectivity index (χ3n) is 2.77. The van der Waals surface area contributed by atoms with E-state index in [9.17, 15) is 9.59 Å². The number of halogens is 1. The number of nitrogens with one attached hydrogen (secondary N) is 1. The molecule has 1 aromatic rings. The number of esters is 1. The number of nitrogens with two attached hydrogens (primary N) is 1. The molecule has 0 aromatic heterocycles. The lowest BCUT2D eigenvalue weighted by molar-refractivity contribution is -0.143. The van der Waals surface area contributed by atoms with E-state index in [0.717, 1.165) is 12.8 Å². The molecule has 3 N–H and O–H groups in total. The minimum atomic E-state index is -0.621. The third-order valence-corrected chi connectivity index (χ3v) is 2.77. The van der Waals surface area contributed by atoms with E-state index < -0.39 is 12.0 Å². The topological polar surface area (TPSA) is 81.4 Å². The minimum Gasteiger partial charge on any atom is -0.467 e. The molecule has 1 unspecified atom stereocenters. The first-order chi connectivity index (χ1) is 9.19. The van der Waals surface area contributed by atoms with Crippen LogP contribution in [0.15, 0.2) is 30.3 Å². The summed E-state index contributed by atoms with van der Waals surface area (Å²) in [6.07, 6.45) is 2.11. The Morgan fingerprint density at radius 2 is 1.90 bits per heavy atom. The van der Waals surface area contributed by atoms with Crippen molar-refractivity contribution in [1.29, 1.82) is 0 Å². The van der Waals surface area contributed by atoms with Crippen LogP contribution in [0.25, 0.3) is 0 Å². The smallest absolute Gasteiger partial charge is 0.328 e. The van der Waals surface area contributed by atoms with E-state index in [1.165, 1.54) is 7.11 Å². The molecule has 0 aliphatic heterocycles. The average Bonchev–Trinajstić information content (AvgIpc) is 2.46. The first kappa shape index (κ1) is 18.4. The van der Waals surface area contributed by atoms with Crippen LogP contribution in [0, 0.1) is 0 Å². The Morgan fingerprint density at radius 1 is 1.25 bits per heavy atom. The zero-order valence-corrected chi connectivity index (χ0v) is 12.3. The summed E-state index contributed by atoms with van der Waals surface area (Å²) in [5, 5.41) is 2.69. The van der Waals surface area contributed by atoms with Crippen LogP contribution in [0.3, 0.4) is 0 Å². The number of carbonyl (C=O) groups excluding carboxylic acids is 2. The molecule has 0 saturated heterocycles. The molecular weight excluding hydrogens is 280 g/mol. The summed E-state index contributed by atoms with van der Waals surface area (Å²) in [5.41, 5.74) is 5.94. The van der Waals surface area contributed by atoms with Gasteiger partial charge in [0.05, 0.1) is 7.11 Å². The Balaban J connectivity index is 0.00000361. The van der Waals surface area contributed by atoms with Crippen molar-refractivity contribution in [2.45, 2.75) is 25.3 Å². The number of carbonyl (C=O) groups is 2. The van der Waals surface area contributed by atoms with Crippen molar-refractivity contribution >= 4 is 24.3 Å². The molecule has 0 aliphatic rings. The molecule has 0 bridgehead atoms. The molecule has 1 rings (SSSR count). The van der Waals surface area contributed by atoms with Gasteiger partial charge >= 0.3 is 5.97 Å². The van der Waals surface area contributed by atoms with Gasteiger partial charge < -0.3 is 15.8 Å². The van der Waals surface area contributed by atoms with E-state index in [0.29, 0.717) is 18.5 Å². The maximum Gasteiger partial charge on any atom is 0.328 e. The standard InChI is InChI=1S/C14H20N2O3.ClH/c1-19-14(18)12(9-5-6-10-15)16-13(17)11-7-3-2-4-8-11;/h2-4,7-8,12H,5-6,9-10,15H2,1H3,(H,16,17);1H. The maximum atomic E-state index is 12.0. The van der Waals surface area contributed by atoms with E-state index in [-0.39, 0.29) is 18.3 Å². The average molecular weight is 301 g/mol. The lowest BCUT2D eigenvalue weighted by Gasteiger charge is -2.16. The molecule has 0 fully saturated rings. The Hall–Kier alpha value is -1.59. The summed E-state index contributed by atoms with van der Waals surface area (Å²) >= 11 is 0. The van der Waals surface area contributed by atoms with Crippen LogP contribution in [-0.4, -0.2) is 31.6 Å². The fraction of sp³-hybridized carbons (Fsp3) is 0.429. The summed E-state index contributed by atoms with van der Waals surface area (Å²) in [4.78, 5) is 23.6. The lowest BCUT2D eigenvalue weighted by atomic mass is 10.1. The molecular formula is C14H21ClN2O3. The highest BCUT2D eigenvalue weighted by Gasteiger charge is 2.21. The van der Waals surface area contributed by atoms with E-state index in [1.807, 2.05) is 6.07 Å². The maximum absolute atomic E-state index is 12.0. The fourth-order valence-electron chi connectivity index (χ4n) is 1.72. The van der Waals surface area contributed by atoms with Gasteiger partial charge in [-0.1, -0.05) is 18.2 Å². The van der Waals surface area contributed by atoms with Crippen LogP contribution in [0.1, 0.15) is 29.6 Å². The first-order valence-electron chi connectivity index (χ1n) is 6.33. The van der Waals surface area contributed by atoms with Gasteiger partial charge in [-0.25, -0.2) is 4.79 Å². The SMILES string of the molecule is COC(=O)C(CCCCN)NC(=O)c1ccccc1.Cl. The summed E-state index contributed by atoms with van der Waals surface area (Å²) in [5.74, 6) is -0.704. The first-order valence-corrected chi connectivity index (χ1v) is 6.33. The monoisotopic (exact) mass is 300 g/mol. The summed E-state index contributed by atoms with van der Waals surface area (Å²) in [7, 11) is 1.31. The molecule has 6 heteroatoms. The quantitative estimate of drug-likeness (QED) is 0.591. The van der Waals surface area contributed by atoms with Crippen molar-refractivity contribution in [3.8, 4) is 0 Å². The summed E-state index contributed by atoms with van der Waals surface area (Å²) in [6.45, 7) is 0.570. The minimum absolute atomic E-state index is 0. The number of benzene rings is 1. The Kier molecular flexibility index (Phi) is 9.41. The van der Waals surface area contributed by atoms with E-state index in [2.05, 4.69) is 5.32 Å². The molecule has 0 heterocycles. The van der Waals surface area contributed by atoms with Gasteiger partial charge in [-0.3, -0.25) is 4.79 Å². The fourth-order valence-corrected chi connectivity index (χ4v) is 1.72. The van der Waals surface area contributed by atoms with Gasteiger partial charge in [0.25, 0.3) is 5.91 Å². The molecule has 1 atom stereocenters. The van der Waals surface area contributed by atoms with Crippen LogP contribution < -0.4 is 11.1 Å². The number of amides is 1. The lowest BCUT2D eigenvalue weighted by Crippen LogP contribution is -2.41. The van der Waals surface area contributed by atoms with Crippen LogP contribution in [0.4, 0.5) is 0 Å². The van der Waals surface area contributed by atoms with Crippen molar-refractivity contribution in [1.82, 2.24) is 5.32 Å². The van der Waals surface area contributed by atoms with Gasteiger partial charge in [-0.05, 0) is 37.9 Å². The highest BCUT2D eigenvalue weighted by atomic mass is 35.5. The number of methoxy groups -OCH3 is 1. The molecule has 20 heavy (non-hydrogen) atoms. The third kappa shape index (κ3) is 6.04. The van der Waals surface area contributed by atoms with Gasteiger partial charge in [0.2, 0.25) is 0 Å². The zero-order chi connectivity index (χ0) is 14.1. The normalized spacial score (nSPS) is 11.1. The molecule has 0 spiro atoms. The van der Waals surface area contributed by atoms with Gasteiger partial charge in [0, 0.05) is 5.56 Å². The Morgan fingerprint density at radius 3 is 2.45 bits per heavy atom. The van der Waals surface area contributed by atoms with Crippen molar-refractivity contribution in [3.63, 3.8) is 0 Å². The second kappa shape index (κ2) is 10.2. The second-order valence-electron chi connectivity index (χ2n) is 4.20. The van der Waals surface area contributed by atoms with Crippen molar-refractivity contribution in [3.05, 3.63) is 35.9 Å². The van der Waals surface area contributed by atoms with Crippen LogP contribution in [0.2, 0.25) is 0 Å². The number of hydrogen-bond donors (Lipinski definition) is 2. The van der Waals surface area contributed by atoms with Crippen molar-refractivity contribution in [2.24, 2.45) is 5.73 Å². The molecule has 1 amide bonds. The van der Waals surface area contributed by atoms with Crippen LogP contribution in [-0.2, 0) is 9.53 Å². The summed E-state index contributed by atoms with van der Waals surface area (Å²) in [6, 6.07) is 8.15. The molecule has 112 valence electrons. The number of hydrogen-bond acceptors (Lipinski definition) is 4. The molecule has 5 nitrogen and oxygen atoms in total. The second-order valence-corrected chi connectivity index (χ2v) is 4.20. The van der Waals surface area contributed by atoms with Gasteiger partial charge in [-0.15, -0.1) is 12.4 Å². The van der Waals surface area contributed by atoms with Crippen molar-refractivity contribution < 1.29 is 14.3 Å². The van der Waals surface area contributed by atoms with Crippen molar-refractivity contribution in [2.75, 3.05) is 13.7 Å². The number of rotatable bonds is 7. The van der Waals surface area contributed by atoms with E-state index in [1.54, 1.807) is 24.3 Å². The molecule has 1 aromatic carbocycles. The predicted octanol–water partition coefficient (Wildman–Crippen LogP) is 1.51. The van der Waals surface area contributed by atoms with E-state index in [4.69, 9.17) is 10.5 Å². The number of ether oxygens (including phenoxy) is 1. The van der Waals surface area contributed by atoms with Crippen LogP contribution in [0.5, 0.6) is 0 Å². The highest BCUT2D eigenvalue weighted by molar-refractivity contribution is 5.96. The molecule has 0 aliphatic carbocycles. The highest BCUT2D eigenvalue weighted by Crippen LogP contribution is 2.05. The predicted molar refractivity (Wildman–Crippen MR) is 79.9 cm³/mol. The van der Waals surface area contributed by atoms with Gasteiger partial charge in [-0.2, -0.15) is 0 Å². The number of unbranched alkanes of at least 4 members (excludes halogenated alkanes) is 1. The van der Waals surface area contributed by atoms with Crippen LogP contribution >= 0.6 is 12.4 Å². The Labute approximate surface area is 125 Å². The largest absolute Gasteiger partial charge is 0.467 e. The summed E-state index contributed by atoms with van der Waals surface area (Å²) < 4.78 is 4.69. The van der Waals surface area contributed by atoms with E-state index >= 15 is 0 Å². The Bertz CT molecular complexity index is 412.